The number of hydrogen-bond acceptors (Lipinski definition) is 4. The van der Waals surface area contributed by atoms with Gasteiger partial charge in [-0.2, -0.15) is 0 Å². The number of hydrogen-bond donors (Lipinski definition) is 1. The highest BCUT2D eigenvalue weighted by molar-refractivity contribution is 9.10. The molecule has 78 valence electrons. The molecule has 0 radical (unpaired) electrons. The molecule has 0 atom stereocenters. The van der Waals surface area contributed by atoms with Crippen LogP contribution in [0.3, 0.4) is 0 Å². The first-order chi connectivity index (χ1) is 7.20. The van der Waals surface area contributed by atoms with Crippen molar-refractivity contribution in [2.75, 3.05) is 0 Å². The summed E-state index contributed by atoms with van der Waals surface area (Å²) in [5, 5.41) is 4.17. The molecule has 0 bridgehead atoms. The summed E-state index contributed by atoms with van der Waals surface area (Å²) in [5.74, 6) is 1.35. The van der Waals surface area contributed by atoms with Gasteiger partial charge in [0.05, 0.1) is 6.54 Å². The lowest BCUT2D eigenvalue weighted by molar-refractivity contribution is 0.807. The number of rotatable bonds is 2. The van der Waals surface area contributed by atoms with E-state index in [1.807, 2.05) is 13.0 Å². The minimum atomic E-state index is 0.336. The van der Waals surface area contributed by atoms with E-state index in [9.17, 15) is 0 Å². The quantitative estimate of drug-likeness (QED) is 0.888. The van der Waals surface area contributed by atoms with Gasteiger partial charge in [-0.05, 0) is 34.5 Å². The van der Waals surface area contributed by atoms with Gasteiger partial charge in [0.15, 0.2) is 11.6 Å². The predicted molar refractivity (Wildman–Crippen MR) is 59.5 cm³/mol. The van der Waals surface area contributed by atoms with E-state index in [4.69, 9.17) is 5.73 Å². The van der Waals surface area contributed by atoms with Crippen LogP contribution in [0, 0.1) is 6.92 Å². The average Bonchev–Trinajstić information content (AvgIpc) is 2.70. The Morgan fingerprint density at radius 3 is 2.87 bits per heavy atom. The van der Waals surface area contributed by atoms with Crippen molar-refractivity contribution in [1.29, 1.82) is 0 Å². The number of nitrogens with zero attached hydrogens (tertiary/aromatic N) is 4. The third kappa shape index (κ3) is 2.05. The average molecular weight is 268 g/mol. The molecule has 0 aromatic carbocycles. The number of aromatic nitrogens is 4. The molecule has 2 aromatic heterocycles. The normalized spacial score (nSPS) is 10.6. The fourth-order valence-electron chi connectivity index (χ4n) is 1.15. The molecular weight excluding hydrogens is 258 g/mol. The highest BCUT2D eigenvalue weighted by Crippen LogP contribution is 2.16. The first-order valence-corrected chi connectivity index (χ1v) is 5.23. The van der Waals surface area contributed by atoms with Gasteiger partial charge in [-0.1, -0.05) is 0 Å². The highest BCUT2D eigenvalue weighted by atomic mass is 79.9. The van der Waals surface area contributed by atoms with Crippen molar-refractivity contribution in [2.24, 2.45) is 5.73 Å². The Bertz CT molecular complexity index is 479. The van der Waals surface area contributed by atoms with Crippen LogP contribution in [-0.2, 0) is 6.54 Å². The van der Waals surface area contributed by atoms with Crippen LogP contribution in [0.2, 0.25) is 0 Å². The van der Waals surface area contributed by atoms with E-state index in [2.05, 4.69) is 31.0 Å². The summed E-state index contributed by atoms with van der Waals surface area (Å²) in [4.78, 5) is 8.27. The van der Waals surface area contributed by atoms with E-state index in [0.29, 0.717) is 12.4 Å². The Morgan fingerprint density at radius 1 is 1.47 bits per heavy atom. The van der Waals surface area contributed by atoms with Gasteiger partial charge in [-0.25, -0.2) is 14.6 Å². The molecule has 2 rings (SSSR count). The molecule has 2 aromatic rings. The molecule has 2 heterocycles. The van der Waals surface area contributed by atoms with Crippen LogP contribution >= 0.6 is 15.9 Å². The van der Waals surface area contributed by atoms with Crippen LogP contribution in [0.4, 0.5) is 0 Å². The fourth-order valence-corrected chi connectivity index (χ4v) is 1.37. The molecule has 0 aliphatic carbocycles. The summed E-state index contributed by atoms with van der Waals surface area (Å²) in [5.41, 5.74) is 6.53. The summed E-state index contributed by atoms with van der Waals surface area (Å²) in [7, 11) is 0. The van der Waals surface area contributed by atoms with Crippen LogP contribution in [-0.4, -0.2) is 19.7 Å². The monoisotopic (exact) mass is 267 g/mol. The molecular formula is C9H10BrN5. The molecule has 0 unspecified atom stereocenters. The zero-order valence-electron chi connectivity index (χ0n) is 8.18. The fraction of sp³-hybridized carbons (Fsp3) is 0.222. The van der Waals surface area contributed by atoms with E-state index in [0.717, 1.165) is 15.9 Å². The van der Waals surface area contributed by atoms with Crippen LogP contribution in [0.15, 0.2) is 23.1 Å². The maximum absolute atomic E-state index is 5.43. The van der Waals surface area contributed by atoms with E-state index >= 15 is 0 Å². The van der Waals surface area contributed by atoms with Gasteiger partial charge in [0.1, 0.15) is 6.33 Å². The predicted octanol–water partition coefficient (Wildman–Crippen LogP) is 1.19. The molecule has 6 heteroatoms. The largest absolute Gasteiger partial charge is 0.324 e. The third-order valence-electron chi connectivity index (χ3n) is 1.99. The van der Waals surface area contributed by atoms with Crippen LogP contribution in [0.5, 0.6) is 0 Å². The summed E-state index contributed by atoms with van der Waals surface area (Å²) in [6, 6.07) is 1.93. The molecule has 0 aliphatic heterocycles. The molecule has 0 aliphatic rings. The Hall–Kier alpha value is -1.27. The van der Waals surface area contributed by atoms with Crippen molar-refractivity contribution in [3.8, 4) is 5.82 Å². The maximum atomic E-state index is 5.43. The Kier molecular flexibility index (Phi) is 2.79. The zero-order valence-corrected chi connectivity index (χ0v) is 9.77. The van der Waals surface area contributed by atoms with E-state index < -0.39 is 0 Å². The van der Waals surface area contributed by atoms with Gasteiger partial charge >= 0.3 is 0 Å². The van der Waals surface area contributed by atoms with Crippen molar-refractivity contribution >= 4 is 15.9 Å². The molecule has 0 saturated heterocycles. The smallest absolute Gasteiger partial charge is 0.164 e. The van der Waals surface area contributed by atoms with E-state index in [1.165, 1.54) is 0 Å². The second-order valence-corrected chi connectivity index (χ2v) is 3.96. The molecule has 15 heavy (non-hydrogen) atoms. The number of halogens is 1. The zero-order chi connectivity index (χ0) is 10.8. The molecule has 2 N–H and O–H groups in total. The molecule has 0 saturated carbocycles. The highest BCUT2D eigenvalue weighted by Gasteiger charge is 2.03. The van der Waals surface area contributed by atoms with Crippen molar-refractivity contribution in [3.05, 3.63) is 34.5 Å². The second kappa shape index (κ2) is 4.08. The minimum Gasteiger partial charge on any atom is -0.324 e. The lowest BCUT2D eigenvalue weighted by Gasteiger charge is -2.01. The minimum absolute atomic E-state index is 0.336. The van der Waals surface area contributed by atoms with Crippen molar-refractivity contribution in [2.45, 2.75) is 13.5 Å². The van der Waals surface area contributed by atoms with Gasteiger partial charge < -0.3 is 5.73 Å². The van der Waals surface area contributed by atoms with Gasteiger partial charge in [0.25, 0.3) is 0 Å². The lowest BCUT2D eigenvalue weighted by Crippen LogP contribution is -2.02. The first-order valence-electron chi connectivity index (χ1n) is 4.44. The topological polar surface area (TPSA) is 69.6 Å². The van der Waals surface area contributed by atoms with Gasteiger partial charge in [0.2, 0.25) is 0 Å². The third-order valence-corrected chi connectivity index (χ3v) is 2.82. The number of pyridine rings is 1. The van der Waals surface area contributed by atoms with Crippen LogP contribution in [0.1, 0.15) is 11.4 Å². The van der Waals surface area contributed by atoms with Crippen LogP contribution < -0.4 is 5.73 Å². The number of nitrogens with two attached hydrogens (primary N) is 1. The van der Waals surface area contributed by atoms with Crippen LogP contribution in [0.25, 0.3) is 5.82 Å². The molecule has 0 fully saturated rings. The molecule has 0 amide bonds. The summed E-state index contributed by atoms with van der Waals surface area (Å²) in [6.07, 6.45) is 3.35. The number of aryl methyl sites for hydroxylation is 1. The van der Waals surface area contributed by atoms with Crippen molar-refractivity contribution in [3.63, 3.8) is 0 Å². The van der Waals surface area contributed by atoms with Crippen molar-refractivity contribution in [1.82, 2.24) is 19.7 Å². The second-order valence-electron chi connectivity index (χ2n) is 3.10. The van der Waals surface area contributed by atoms with E-state index in [1.54, 1.807) is 17.2 Å². The summed E-state index contributed by atoms with van der Waals surface area (Å²) < 4.78 is 2.59. The van der Waals surface area contributed by atoms with Gasteiger partial charge in [-0.3, -0.25) is 0 Å². The van der Waals surface area contributed by atoms with Gasteiger partial charge in [-0.15, -0.1) is 5.10 Å². The molecule has 5 nitrogen and oxygen atoms in total. The van der Waals surface area contributed by atoms with E-state index in [-0.39, 0.29) is 0 Å². The lowest BCUT2D eigenvalue weighted by atomic mass is 10.3. The summed E-state index contributed by atoms with van der Waals surface area (Å²) >= 11 is 3.39. The Labute approximate surface area is 95.5 Å². The Morgan fingerprint density at radius 2 is 2.27 bits per heavy atom. The summed E-state index contributed by atoms with van der Waals surface area (Å²) in [6.45, 7) is 2.33. The SMILES string of the molecule is Cc1cc(-n2cnc(CN)n2)ncc1Br. The van der Waals surface area contributed by atoms with Crippen molar-refractivity contribution < 1.29 is 0 Å². The standard InChI is InChI=1S/C9H10BrN5/c1-6-2-9(12-4-7(6)10)15-5-13-8(3-11)14-15/h2,4-5H,3,11H2,1H3. The Balaban J connectivity index is 2.40. The van der Waals surface area contributed by atoms with Gasteiger partial charge in [0, 0.05) is 10.7 Å². The maximum Gasteiger partial charge on any atom is 0.164 e. The first kappa shape index (κ1) is 10.3. The molecule has 0 spiro atoms.